The molecule has 4 aliphatic carbocycles. The van der Waals surface area contributed by atoms with Crippen LogP contribution in [0.2, 0.25) is 0 Å². The number of hydrogen-bond acceptors (Lipinski definition) is 2. The summed E-state index contributed by atoms with van der Waals surface area (Å²) in [6.45, 7) is 0. The van der Waals surface area contributed by atoms with Crippen molar-refractivity contribution in [2.75, 3.05) is 0 Å². The van der Waals surface area contributed by atoms with Crippen molar-refractivity contribution in [3.05, 3.63) is 0 Å². The number of ketones is 1. The Bertz CT molecular complexity index is 260. The second kappa shape index (κ2) is 3.41. The molecule has 4 aliphatic rings. The third-order valence-electron chi connectivity index (χ3n) is 4.67. The van der Waals surface area contributed by atoms with Crippen LogP contribution < -0.4 is 0 Å². The average molecular weight is 210 g/mol. The third-order valence-corrected chi connectivity index (χ3v) is 4.67. The second-order valence-corrected chi connectivity index (χ2v) is 5.68. The van der Waals surface area contributed by atoms with E-state index in [1.807, 2.05) is 0 Å². The van der Waals surface area contributed by atoms with Crippen LogP contribution in [0.1, 0.15) is 38.5 Å². The summed E-state index contributed by atoms with van der Waals surface area (Å²) < 4.78 is 0. The molecule has 0 aromatic rings. The van der Waals surface area contributed by atoms with Crippen molar-refractivity contribution in [1.29, 1.82) is 0 Å². The molecule has 0 atom stereocenters. The molecule has 0 aromatic heterocycles. The van der Waals surface area contributed by atoms with Crippen LogP contribution in [0.15, 0.2) is 0 Å². The van der Waals surface area contributed by atoms with Gasteiger partial charge in [0.25, 0.3) is 0 Å². The molecule has 0 heterocycles. The Morgan fingerprint density at radius 1 is 1.00 bits per heavy atom. The van der Waals surface area contributed by atoms with Gasteiger partial charge in [-0.05, 0) is 56.3 Å². The molecule has 0 saturated heterocycles. The molecule has 0 aromatic carbocycles. The van der Waals surface area contributed by atoms with E-state index in [9.17, 15) is 9.59 Å². The molecule has 3 nitrogen and oxygen atoms in total. The lowest BCUT2D eigenvalue weighted by atomic mass is 9.48. The van der Waals surface area contributed by atoms with Gasteiger partial charge in [-0.15, -0.1) is 0 Å². The van der Waals surface area contributed by atoms with Gasteiger partial charge in [-0.3, -0.25) is 9.59 Å². The third kappa shape index (κ3) is 1.44. The summed E-state index contributed by atoms with van der Waals surface area (Å²) >= 11 is 0. The van der Waals surface area contributed by atoms with Crippen LogP contribution in [0.3, 0.4) is 0 Å². The predicted molar refractivity (Wildman–Crippen MR) is 55.3 cm³/mol. The maximum atomic E-state index is 11.7. The highest BCUT2D eigenvalue weighted by atomic mass is 16.2. The summed E-state index contributed by atoms with van der Waals surface area (Å²) in [6.07, 6.45) is 7.58. The van der Waals surface area contributed by atoms with Crippen LogP contribution in [0.5, 0.6) is 0 Å². The number of carbonyl (C=O) groups excluding carboxylic acids is 2. The van der Waals surface area contributed by atoms with E-state index in [4.69, 9.17) is 0 Å². The monoisotopic (exact) mass is 210 g/mol. The standard InChI is InChI=1S/C12H16O2.H2O/c13-7-11(14)12-4-8-1-9(5-12)3-10(2-8)6-12;/h7-10H,1-6H2;1H2. The molecule has 4 rings (SSSR count). The van der Waals surface area contributed by atoms with Gasteiger partial charge in [-0.1, -0.05) is 0 Å². The normalized spacial score (nSPS) is 46.0. The molecule has 4 fully saturated rings. The fraction of sp³-hybridized carbons (Fsp3) is 0.833. The van der Waals surface area contributed by atoms with E-state index in [2.05, 4.69) is 0 Å². The Kier molecular flexibility index (Phi) is 2.45. The van der Waals surface area contributed by atoms with Crippen molar-refractivity contribution in [3.8, 4) is 0 Å². The zero-order chi connectivity index (χ0) is 9.76. The molecule has 0 radical (unpaired) electrons. The fourth-order valence-electron chi connectivity index (χ4n) is 4.54. The Hall–Kier alpha value is -0.700. The average Bonchev–Trinajstić information content (AvgIpc) is 2.14. The summed E-state index contributed by atoms with van der Waals surface area (Å²) in [5.74, 6) is 2.16. The lowest BCUT2D eigenvalue weighted by Gasteiger charge is -2.55. The predicted octanol–water partition coefficient (Wildman–Crippen LogP) is 1.15. The summed E-state index contributed by atoms with van der Waals surface area (Å²) in [5.41, 5.74) is -0.198. The first-order valence-corrected chi connectivity index (χ1v) is 5.71. The van der Waals surface area contributed by atoms with Gasteiger partial charge in [0.2, 0.25) is 5.78 Å². The second-order valence-electron chi connectivity index (χ2n) is 5.68. The van der Waals surface area contributed by atoms with Crippen molar-refractivity contribution in [1.82, 2.24) is 0 Å². The Balaban J connectivity index is 0.000000853. The van der Waals surface area contributed by atoms with Gasteiger partial charge >= 0.3 is 0 Å². The van der Waals surface area contributed by atoms with Crippen LogP contribution in [0.4, 0.5) is 0 Å². The minimum atomic E-state index is -0.198. The molecule has 0 unspecified atom stereocenters. The van der Waals surface area contributed by atoms with Crippen LogP contribution in [0, 0.1) is 23.2 Å². The number of aldehydes is 1. The largest absolute Gasteiger partial charge is 0.412 e. The van der Waals surface area contributed by atoms with E-state index >= 15 is 0 Å². The molecule has 15 heavy (non-hydrogen) atoms. The van der Waals surface area contributed by atoms with Gasteiger partial charge < -0.3 is 5.48 Å². The van der Waals surface area contributed by atoms with E-state index in [1.54, 1.807) is 0 Å². The first-order chi connectivity index (χ1) is 6.72. The summed E-state index contributed by atoms with van der Waals surface area (Å²) in [7, 11) is 0. The van der Waals surface area contributed by atoms with Gasteiger partial charge in [-0.2, -0.15) is 0 Å². The van der Waals surface area contributed by atoms with Gasteiger partial charge in [0.15, 0.2) is 6.29 Å². The van der Waals surface area contributed by atoms with E-state index < -0.39 is 0 Å². The Morgan fingerprint density at radius 2 is 1.40 bits per heavy atom. The summed E-state index contributed by atoms with van der Waals surface area (Å²) in [6, 6.07) is 0. The highest BCUT2D eigenvalue weighted by Crippen LogP contribution is 2.60. The minimum absolute atomic E-state index is 0. The molecule has 3 heteroatoms. The van der Waals surface area contributed by atoms with Crippen molar-refractivity contribution in [3.63, 3.8) is 0 Å². The summed E-state index contributed by atoms with van der Waals surface area (Å²) in [5, 5.41) is 0. The molecular formula is C12H18O3. The van der Waals surface area contributed by atoms with Crippen LogP contribution in [-0.4, -0.2) is 17.5 Å². The first kappa shape index (κ1) is 10.8. The quantitative estimate of drug-likeness (QED) is 0.507. The SMILES string of the molecule is O.O=CC(=O)C12CC3CC(CC(C3)C1)C2. The van der Waals surface area contributed by atoms with E-state index in [-0.39, 0.29) is 16.7 Å². The highest BCUT2D eigenvalue weighted by molar-refractivity contribution is 6.27. The van der Waals surface area contributed by atoms with Crippen molar-refractivity contribution in [2.24, 2.45) is 23.2 Å². The van der Waals surface area contributed by atoms with Crippen molar-refractivity contribution < 1.29 is 15.1 Å². The van der Waals surface area contributed by atoms with Crippen LogP contribution >= 0.6 is 0 Å². The van der Waals surface area contributed by atoms with Gasteiger partial charge in [0, 0.05) is 5.41 Å². The first-order valence-electron chi connectivity index (χ1n) is 5.71. The smallest absolute Gasteiger partial charge is 0.201 e. The number of hydrogen-bond donors (Lipinski definition) is 0. The summed E-state index contributed by atoms with van der Waals surface area (Å²) in [4.78, 5) is 22.4. The van der Waals surface area contributed by atoms with E-state index in [0.717, 1.165) is 37.0 Å². The topological polar surface area (TPSA) is 65.6 Å². The minimum Gasteiger partial charge on any atom is -0.412 e. The molecule has 0 aliphatic heterocycles. The molecule has 4 saturated carbocycles. The molecule has 84 valence electrons. The van der Waals surface area contributed by atoms with Crippen molar-refractivity contribution in [2.45, 2.75) is 38.5 Å². The fourth-order valence-corrected chi connectivity index (χ4v) is 4.54. The lowest BCUT2D eigenvalue weighted by molar-refractivity contribution is -0.148. The van der Waals surface area contributed by atoms with E-state index in [0.29, 0.717) is 6.29 Å². The Labute approximate surface area is 89.5 Å². The molecule has 2 N–H and O–H groups in total. The van der Waals surface area contributed by atoms with Crippen LogP contribution in [-0.2, 0) is 9.59 Å². The maximum Gasteiger partial charge on any atom is 0.201 e. The zero-order valence-electron chi connectivity index (χ0n) is 8.87. The lowest BCUT2D eigenvalue weighted by Crippen LogP contribution is -2.50. The van der Waals surface area contributed by atoms with Crippen molar-refractivity contribution >= 4 is 12.1 Å². The zero-order valence-corrected chi connectivity index (χ0v) is 8.87. The highest BCUT2D eigenvalue weighted by Gasteiger charge is 2.54. The van der Waals surface area contributed by atoms with Gasteiger partial charge in [0.05, 0.1) is 0 Å². The van der Waals surface area contributed by atoms with Gasteiger partial charge in [0.1, 0.15) is 0 Å². The molecular weight excluding hydrogens is 192 g/mol. The number of rotatable bonds is 2. The molecule has 0 amide bonds. The van der Waals surface area contributed by atoms with Crippen LogP contribution in [0.25, 0.3) is 0 Å². The number of Topliss-reactive ketones (excluding diaryl/α,β-unsaturated/α-hetero) is 1. The van der Waals surface area contributed by atoms with Gasteiger partial charge in [-0.25, -0.2) is 0 Å². The molecule has 0 spiro atoms. The number of carbonyl (C=O) groups is 2. The van der Waals surface area contributed by atoms with E-state index in [1.165, 1.54) is 19.3 Å². The maximum absolute atomic E-state index is 11.7. The Morgan fingerprint density at radius 3 is 1.73 bits per heavy atom. The molecule has 4 bridgehead atoms.